The zero-order chi connectivity index (χ0) is 20.5. The van der Waals surface area contributed by atoms with Crippen molar-refractivity contribution in [2.45, 2.75) is 32.3 Å². The fourth-order valence-corrected chi connectivity index (χ4v) is 4.78. The molecule has 0 spiro atoms. The number of hydrogen-bond donors (Lipinski definition) is 0. The second kappa shape index (κ2) is 7.55. The molecule has 0 aliphatic carbocycles. The summed E-state index contributed by atoms with van der Waals surface area (Å²) in [6, 6.07) is 13.7. The van der Waals surface area contributed by atoms with Crippen LogP contribution in [0.1, 0.15) is 28.1 Å². The Kier molecular flexibility index (Phi) is 5.33. The quantitative estimate of drug-likeness (QED) is 0.464. The van der Waals surface area contributed by atoms with E-state index in [1.165, 1.54) is 12.1 Å². The lowest BCUT2D eigenvalue weighted by Gasteiger charge is -2.09. The summed E-state index contributed by atoms with van der Waals surface area (Å²) in [5, 5.41) is 15.5. The van der Waals surface area contributed by atoms with Crippen LogP contribution in [0.15, 0.2) is 48.5 Å². The van der Waals surface area contributed by atoms with Crippen LogP contribution >= 0.6 is 0 Å². The minimum atomic E-state index is -3.48. The summed E-state index contributed by atoms with van der Waals surface area (Å²) in [6.07, 6.45) is 0. The number of sulfone groups is 1. The van der Waals surface area contributed by atoms with Gasteiger partial charge >= 0.3 is 0 Å². The molecular weight excluding hydrogens is 378 g/mol. The van der Waals surface area contributed by atoms with Crippen molar-refractivity contribution >= 4 is 15.5 Å². The van der Waals surface area contributed by atoms with Crippen LogP contribution in [-0.2, 0) is 21.3 Å². The third kappa shape index (κ3) is 4.28. The number of hydrogen-bond acceptors (Lipinski definition) is 5. The number of nitro groups is 1. The Morgan fingerprint density at radius 2 is 1.71 bits per heavy atom. The molecule has 2 aromatic carbocycles. The number of aryl methyl sites for hydroxylation is 2. The molecule has 0 fully saturated rings. The Bertz CT molecular complexity index is 1130. The molecule has 3 rings (SSSR count). The van der Waals surface area contributed by atoms with Gasteiger partial charge in [-0.15, -0.1) is 0 Å². The van der Waals surface area contributed by atoms with Gasteiger partial charge in [0.05, 0.1) is 27.8 Å². The Morgan fingerprint density at radius 1 is 1.04 bits per heavy atom. The van der Waals surface area contributed by atoms with Crippen LogP contribution in [0.4, 0.5) is 5.69 Å². The van der Waals surface area contributed by atoms with Gasteiger partial charge in [-0.25, -0.2) is 13.1 Å². The third-order valence-electron chi connectivity index (χ3n) is 4.57. The molecule has 0 amide bonds. The lowest BCUT2D eigenvalue weighted by Crippen LogP contribution is -2.09. The van der Waals surface area contributed by atoms with E-state index in [0.29, 0.717) is 16.7 Å². The van der Waals surface area contributed by atoms with E-state index in [1.54, 1.807) is 29.8 Å². The van der Waals surface area contributed by atoms with Gasteiger partial charge < -0.3 is 0 Å². The number of nitro benzene ring substituents is 1. The van der Waals surface area contributed by atoms with Crippen molar-refractivity contribution in [1.82, 2.24) is 9.78 Å². The van der Waals surface area contributed by atoms with Gasteiger partial charge in [-0.3, -0.25) is 10.1 Å². The maximum absolute atomic E-state index is 12.6. The highest BCUT2D eigenvalue weighted by Crippen LogP contribution is 2.24. The second-order valence-corrected chi connectivity index (χ2v) is 8.92. The predicted octanol–water partition coefficient (Wildman–Crippen LogP) is 3.82. The molecule has 8 heteroatoms. The fraction of sp³-hybridized carbons (Fsp3) is 0.250. The summed E-state index contributed by atoms with van der Waals surface area (Å²) in [7, 11) is -3.48. The molecule has 7 nitrogen and oxygen atoms in total. The van der Waals surface area contributed by atoms with Gasteiger partial charge in [-0.1, -0.05) is 24.3 Å². The highest BCUT2D eigenvalue weighted by Gasteiger charge is 2.19. The van der Waals surface area contributed by atoms with E-state index >= 15 is 0 Å². The van der Waals surface area contributed by atoms with Crippen LogP contribution in [0.5, 0.6) is 0 Å². The van der Waals surface area contributed by atoms with Gasteiger partial charge in [0.15, 0.2) is 9.84 Å². The van der Waals surface area contributed by atoms with Gasteiger partial charge in [-0.05, 0) is 50.1 Å². The maximum atomic E-state index is 12.6. The molecule has 0 radical (unpaired) electrons. The molecule has 0 unspecified atom stereocenters. The topological polar surface area (TPSA) is 95.1 Å². The van der Waals surface area contributed by atoms with E-state index in [1.807, 2.05) is 32.0 Å². The molecule has 0 N–H and O–H groups in total. The summed E-state index contributed by atoms with van der Waals surface area (Å²) in [5.74, 6) is -0.369. The lowest BCUT2D eigenvalue weighted by molar-refractivity contribution is -0.385. The van der Waals surface area contributed by atoms with E-state index in [0.717, 1.165) is 17.1 Å². The van der Waals surface area contributed by atoms with Gasteiger partial charge in [0.25, 0.3) is 5.69 Å². The Morgan fingerprint density at radius 3 is 2.29 bits per heavy atom. The largest absolute Gasteiger partial charge is 0.272 e. The van der Waals surface area contributed by atoms with E-state index in [9.17, 15) is 18.5 Å². The van der Waals surface area contributed by atoms with E-state index < -0.39 is 14.8 Å². The van der Waals surface area contributed by atoms with Crippen molar-refractivity contribution in [3.63, 3.8) is 0 Å². The maximum Gasteiger partial charge on any atom is 0.272 e. The average molecular weight is 399 g/mol. The summed E-state index contributed by atoms with van der Waals surface area (Å²) < 4.78 is 27.1. The highest BCUT2D eigenvalue weighted by atomic mass is 32.2. The van der Waals surface area contributed by atoms with Crippen molar-refractivity contribution in [2.24, 2.45) is 0 Å². The molecule has 3 aromatic rings. The van der Waals surface area contributed by atoms with Crippen molar-refractivity contribution < 1.29 is 13.3 Å². The number of nitrogens with zero attached hydrogens (tertiary/aromatic N) is 3. The lowest BCUT2D eigenvalue weighted by atomic mass is 10.1. The van der Waals surface area contributed by atoms with Gasteiger partial charge in [-0.2, -0.15) is 5.10 Å². The van der Waals surface area contributed by atoms with E-state index in [4.69, 9.17) is 0 Å². The third-order valence-corrected chi connectivity index (χ3v) is 6.09. The van der Waals surface area contributed by atoms with Gasteiger partial charge in [0.2, 0.25) is 0 Å². The number of benzene rings is 2. The first-order valence-electron chi connectivity index (χ1n) is 8.72. The summed E-state index contributed by atoms with van der Waals surface area (Å²) in [5.41, 5.74) is 4.21. The molecule has 0 bridgehead atoms. The second-order valence-electron chi connectivity index (χ2n) is 6.86. The number of rotatable bonds is 6. The van der Waals surface area contributed by atoms with E-state index in [-0.39, 0.29) is 17.2 Å². The summed E-state index contributed by atoms with van der Waals surface area (Å²) >= 11 is 0. The van der Waals surface area contributed by atoms with Crippen LogP contribution in [0.3, 0.4) is 0 Å². The van der Waals surface area contributed by atoms with Crippen molar-refractivity contribution in [1.29, 1.82) is 0 Å². The Labute approximate surface area is 163 Å². The van der Waals surface area contributed by atoms with Gasteiger partial charge in [0.1, 0.15) is 0 Å². The zero-order valence-electron chi connectivity index (χ0n) is 15.9. The first-order valence-corrected chi connectivity index (χ1v) is 10.5. The van der Waals surface area contributed by atoms with Crippen molar-refractivity contribution in [3.8, 4) is 5.69 Å². The molecule has 1 aromatic heterocycles. The van der Waals surface area contributed by atoms with Crippen LogP contribution in [-0.4, -0.2) is 23.1 Å². The molecule has 0 atom stereocenters. The standard InChI is InChI=1S/C20H21N3O4S/c1-14-11-15(2)22(21-14)19-9-7-17(8-10-19)12-28(26,27)13-18-5-4-6-20(16(18)3)23(24)25/h4-11H,12-13H2,1-3H3. The molecule has 0 aliphatic rings. The first kappa shape index (κ1) is 19.8. The van der Waals surface area contributed by atoms with Crippen LogP contribution < -0.4 is 0 Å². The normalized spacial score (nSPS) is 11.5. The fourth-order valence-electron chi connectivity index (χ4n) is 3.19. The first-order chi connectivity index (χ1) is 13.2. The summed E-state index contributed by atoms with van der Waals surface area (Å²) in [6.45, 7) is 5.45. The van der Waals surface area contributed by atoms with E-state index in [2.05, 4.69) is 5.10 Å². The minimum absolute atomic E-state index is 0.0676. The smallest absolute Gasteiger partial charge is 0.258 e. The zero-order valence-corrected chi connectivity index (χ0v) is 16.7. The Hall–Kier alpha value is -3.00. The van der Waals surface area contributed by atoms with Gasteiger partial charge in [0, 0.05) is 17.3 Å². The van der Waals surface area contributed by atoms with Crippen molar-refractivity contribution in [2.75, 3.05) is 0 Å². The van der Waals surface area contributed by atoms with Crippen LogP contribution in [0.25, 0.3) is 5.69 Å². The SMILES string of the molecule is Cc1cc(C)n(-c2ccc(CS(=O)(=O)Cc3cccc([N+](=O)[O-])c3C)cc2)n1. The Balaban J connectivity index is 1.79. The molecule has 0 saturated heterocycles. The van der Waals surface area contributed by atoms with Crippen LogP contribution in [0.2, 0.25) is 0 Å². The highest BCUT2D eigenvalue weighted by molar-refractivity contribution is 7.89. The minimum Gasteiger partial charge on any atom is -0.258 e. The monoisotopic (exact) mass is 399 g/mol. The predicted molar refractivity (Wildman–Crippen MR) is 107 cm³/mol. The molecule has 28 heavy (non-hydrogen) atoms. The molecular formula is C20H21N3O4S. The molecule has 0 saturated carbocycles. The summed E-state index contributed by atoms with van der Waals surface area (Å²) in [4.78, 5) is 10.6. The molecule has 146 valence electrons. The number of aromatic nitrogens is 2. The van der Waals surface area contributed by atoms with Crippen LogP contribution in [0, 0.1) is 30.9 Å². The average Bonchev–Trinajstić information content (AvgIpc) is 2.95. The van der Waals surface area contributed by atoms with Crippen molar-refractivity contribution in [3.05, 3.63) is 86.7 Å². The molecule has 1 heterocycles. The molecule has 0 aliphatic heterocycles.